The first-order valence-corrected chi connectivity index (χ1v) is 10.6. The van der Waals surface area contributed by atoms with Crippen LogP contribution in [0.15, 0.2) is 48.5 Å². The number of anilines is 1. The van der Waals surface area contributed by atoms with E-state index in [0.717, 1.165) is 16.1 Å². The van der Waals surface area contributed by atoms with Gasteiger partial charge in [0.05, 0.1) is 32.2 Å². The third-order valence-electron chi connectivity index (χ3n) is 4.36. The van der Waals surface area contributed by atoms with Gasteiger partial charge in [-0.25, -0.2) is 8.42 Å². The highest BCUT2D eigenvalue weighted by atomic mass is 32.2. The summed E-state index contributed by atoms with van der Waals surface area (Å²) in [6.07, 6.45) is 1.07. The second-order valence-electron chi connectivity index (χ2n) is 6.41. The van der Waals surface area contributed by atoms with E-state index in [1.165, 1.54) is 7.11 Å². The summed E-state index contributed by atoms with van der Waals surface area (Å²) in [6, 6.07) is 12.6. The molecule has 0 saturated heterocycles. The summed E-state index contributed by atoms with van der Waals surface area (Å²) in [5.41, 5.74) is 1.16. The number of ether oxygens (including phenoxy) is 2. The van der Waals surface area contributed by atoms with Crippen molar-refractivity contribution < 1.29 is 22.7 Å². The molecule has 0 aliphatic rings. The molecule has 152 valence electrons. The van der Waals surface area contributed by atoms with E-state index in [2.05, 4.69) is 5.32 Å². The molecule has 1 amide bonds. The second kappa shape index (κ2) is 8.97. The second-order valence-corrected chi connectivity index (χ2v) is 8.27. The van der Waals surface area contributed by atoms with Gasteiger partial charge in [0.25, 0.3) is 0 Å². The van der Waals surface area contributed by atoms with Gasteiger partial charge in [-0.1, -0.05) is 24.3 Å². The Kier molecular flexibility index (Phi) is 6.90. The molecule has 2 aromatic rings. The molecule has 28 heavy (non-hydrogen) atoms. The van der Waals surface area contributed by atoms with Crippen LogP contribution in [0, 0.1) is 0 Å². The topological polar surface area (TPSA) is 84.9 Å². The number of rotatable bonds is 8. The summed E-state index contributed by atoms with van der Waals surface area (Å²) < 4.78 is 36.4. The van der Waals surface area contributed by atoms with E-state index in [1.54, 1.807) is 44.4 Å². The Morgan fingerprint density at radius 3 is 2.32 bits per heavy atom. The Labute approximate surface area is 166 Å². The molecule has 0 spiro atoms. The smallest absolute Gasteiger partial charge is 0.244 e. The number of sulfonamides is 1. The van der Waals surface area contributed by atoms with Crippen LogP contribution in [0.5, 0.6) is 11.5 Å². The van der Waals surface area contributed by atoms with E-state index in [0.29, 0.717) is 17.2 Å². The van der Waals surface area contributed by atoms with E-state index in [-0.39, 0.29) is 6.04 Å². The van der Waals surface area contributed by atoms with E-state index in [9.17, 15) is 13.2 Å². The summed E-state index contributed by atoms with van der Waals surface area (Å²) >= 11 is 0. The summed E-state index contributed by atoms with van der Waals surface area (Å²) in [5.74, 6) is 0.725. The van der Waals surface area contributed by atoms with Gasteiger partial charge in [-0.2, -0.15) is 0 Å². The van der Waals surface area contributed by atoms with Crippen molar-refractivity contribution in [2.45, 2.75) is 25.9 Å². The van der Waals surface area contributed by atoms with Gasteiger partial charge in [0.2, 0.25) is 15.9 Å². The average Bonchev–Trinajstić information content (AvgIpc) is 2.66. The molecule has 0 bridgehead atoms. The van der Waals surface area contributed by atoms with Crippen molar-refractivity contribution in [2.24, 2.45) is 0 Å². The standard InChI is InChI=1S/C20H26N2O5S/c1-14(18-11-6-7-12-19(18)27-4)21-20(23)15(2)22(28(5,24)25)16-9-8-10-17(13-16)26-3/h6-15H,1-5H3,(H,21,23)/t14-,15-/m1/s1. The van der Waals surface area contributed by atoms with Crippen molar-refractivity contribution in [1.82, 2.24) is 5.32 Å². The van der Waals surface area contributed by atoms with Crippen LogP contribution in [0.25, 0.3) is 0 Å². The molecule has 0 saturated carbocycles. The third kappa shape index (κ3) is 4.95. The number of para-hydroxylation sites is 1. The van der Waals surface area contributed by atoms with E-state index >= 15 is 0 Å². The highest BCUT2D eigenvalue weighted by Gasteiger charge is 2.30. The molecule has 2 atom stereocenters. The average molecular weight is 407 g/mol. The molecule has 2 aromatic carbocycles. The molecule has 7 nitrogen and oxygen atoms in total. The number of hydrogen-bond acceptors (Lipinski definition) is 5. The van der Waals surface area contributed by atoms with Crippen molar-refractivity contribution in [3.8, 4) is 11.5 Å². The predicted octanol–water partition coefficient (Wildman–Crippen LogP) is 2.74. The van der Waals surface area contributed by atoms with Gasteiger partial charge >= 0.3 is 0 Å². The fraction of sp³-hybridized carbons (Fsp3) is 0.350. The lowest BCUT2D eigenvalue weighted by atomic mass is 10.1. The number of hydrogen-bond donors (Lipinski definition) is 1. The van der Waals surface area contributed by atoms with Crippen LogP contribution in [0.2, 0.25) is 0 Å². The van der Waals surface area contributed by atoms with E-state index in [4.69, 9.17) is 9.47 Å². The van der Waals surface area contributed by atoms with Gasteiger partial charge in [-0.15, -0.1) is 0 Å². The van der Waals surface area contributed by atoms with Gasteiger partial charge in [0, 0.05) is 11.6 Å². The SMILES string of the molecule is COc1cccc(N([C@H](C)C(=O)N[C@H](C)c2ccccc2OC)S(C)(=O)=O)c1. The van der Waals surface area contributed by atoms with Gasteiger partial charge < -0.3 is 14.8 Å². The maximum atomic E-state index is 12.9. The number of nitrogens with one attached hydrogen (secondary N) is 1. The molecule has 0 radical (unpaired) electrons. The van der Waals surface area contributed by atoms with Crippen LogP contribution in [-0.4, -0.2) is 40.8 Å². The van der Waals surface area contributed by atoms with Crippen LogP contribution < -0.4 is 19.1 Å². The zero-order valence-corrected chi connectivity index (χ0v) is 17.5. The number of benzene rings is 2. The minimum absolute atomic E-state index is 0.356. The zero-order valence-electron chi connectivity index (χ0n) is 16.7. The van der Waals surface area contributed by atoms with E-state index < -0.39 is 22.0 Å². The number of carbonyl (C=O) groups is 1. The molecule has 1 N–H and O–H groups in total. The lowest BCUT2D eigenvalue weighted by Gasteiger charge is -2.29. The number of methoxy groups -OCH3 is 2. The molecule has 0 aromatic heterocycles. The van der Waals surface area contributed by atoms with Crippen LogP contribution in [-0.2, 0) is 14.8 Å². The molecule has 2 rings (SSSR count). The molecule has 0 aliphatic carbocycles. The Morgan fingerprint density at radius 1 is 1.04 bits per heavy atom. The van der Waals surface area contributed by atoms with Gasteiger partial charge in [-0.05, 0) is 32.0 Å². The lowest BCUT2D eigenvalue weighted by molar-refractivity contribution is -0.122. The normalized spacial score (nSPS) is 13.3. The summed E-state index contributed by atoms with van der Waals surface area (Å²) in [5, 5.41) is 2.87. The summed E-state index contributed by atoms with van der Waals surface area (Å²) in [7, 11) is -0.653. The number of nitrogens with zero attached hydrogens (tertiary/aromatic N) is 1. The van der Waals surface area contributed by atoms with Gasteiger partial charge in [-0.3, -0.25) is 9.10 Å². The van der Waals surface area contributed by atoms with Crippen LogP contribution >= 0.6 is 0 Å². The molecule has 0 aliphatic heterocycles. The van der Waals surface area contributed by atoms with Crippen LogP contribution in [0.1, 0.15) is 25.5 Å². The lowest BCUT2D eigenvalue weighted by Crippen LogP contribution is -2.48. The van der Waals surface area contributed by atoms with E-state index in [1.807, 2.05) is 25.1 Å². The Morgan fingerprint density at radius 2 is 1.71 bits per heavy atom. The van der Waals surface area contributed by atoms with Crippen LogP contribution in [0.3, 0.4) is 0 Å². The first kappa shape index (κ1) is 21.6. The highest BCUT2D eigenvalue weighted by molar-refractivity contribution is 7.92. The minimum atomic E-state index is -3.71. The van der Waals surface area contributed by atoms with Crippen molar-refractivity contribution in [3.63, 3.8) is 0 Å². The fourth-order valence-corrected chi connectivity index (χ4v) is 4.16. The van der Waals surface area contributed by atoms with Crippen molar-refractivity contribution >= 4 is 21.6 Å². The molecule has 0 unspecified atom stereocenters. The van der Waals surface area contributed by atoms with Crippen molar-refractivity contribution in [3.05, 3.63) is 54.1 Å². The first-order chi connectivity index (χ1) is 13.2. The fourth-order valence-electron chi connectivity index (χ4n) is 2.99. The zero-order chi connectivity index (χ0) is 20.9. The third-order valence-corrected chi connectivity index (χ3v) is 5.60. The monoisotopic (exact) mass is 406 g/mol. The summed E-state index contributed by atoms with van der Waals surface area (Å²) in [4.78, 5) is 12.9. The molecule has 8 heteroatoms. The maximum absolute atomic E-state index is 12.9. The quantitative estimate of drug-likeness (QED) is 0.729. The molecule has 0 fully saturated rings. The number of amides is 1. The molecular formula is C20H26N2O5S. The molecular weight excluding hydrogens is 380 g/mol. The van der Waals surface area contributed by atoms with Gasteiger partial charge in [0.1, 0.15) is 17.5 Å². The largest absolute Gasteiger partial charge is 0.497 e. The first-order valence-electron chi connectivity index (χ1n) is 8.75. The Hall–Kier alpha value is -2.74. The summed E-state index contributed by atoms with van der Waals surface area (Å²) in [6.45, 7) is 3.36. The highest BCUT2D eigenvalue weighted by Crippen LogP contribution is 2.27. The predicted molar refractivity (Wildman–Crippen MR) is 109 cm³/mol. The van der Waals surface area contributed by atoms with Crippen molar-refractivity contribution in [2.75, 3.05) is 24.8 Å². The number of carbonyl (C=O) groups excluding carboxylic acids is 1. The Balaban J connectivity index is 2.29. The maximum Gasteiger partial charge on any atom is 0.244 e. The molecule has 0 heterocycles. The van der Waals surface area contributed by atoms with Crippen LogP contribution in [0.4, 0.5) is 5.69 Å². The minimum Gasteiger partial charge on any atom is -0.497 e. The Bertz CT molecular complexity index is 930. The van der Waals surface area contributed by atoms with Gasteiger partial charge in [0.15, 0.2) is 0 Å². The van der Waals surface area contributed by atoms with Crippen molar-refractivity contribution in [1.29, 1.82) is 0 Å².